The molecule has 0 saturated carbocycles. The third-order valence-electron chi connectivity index (χ3n) is 2.44. The molecule has 1 rings (SSSR count). The minimum absolute atomic E-state index is 0.164. The van der Waals surface area contributed by atoms with Gasteiger partial charge in [0.25, 0.3) is 0 Å². The van der Waals surface area contributed by atoms with Gasteiger partial charge in [-0.1, -0.05) is 0 Å². The smallest absolute Gasteiger partial charge is 0.384 e. The van der Waals surface area contributed by atoms with Crippen molar-refractivity contribution in [1.29, 1.82) is 5.41 Å². The van der Waals surface area contributed by atoms with Crippen molar-refractivity contribution in [3.05, 3.63) is 29.3 Å². The standard InChI is InChI=1S/C11H12F5N3/c1-19(3-2-11(14,15)16)9-7(12)4-6(10(17)18)5-8(9)13/h4-5H,2-3H2,1H3,(H3,17,18). The Balaban J connectivity index is 2.98. The molecule has 8 heteroatoms. The first-order valence-corrected chi connectivity index (χ1v) is 5.23. The lowest BCUT2D eigenvalue weighted by Gasteiger charge is -2.21. The Kier molecular flexibility index (Phi) is 4.33. The summed E-state index contributed by atoms with van der Waals surface area (Å²) in [5.41, 5.74) is 4.34. The molecule has 0 atom stereocenters. The highest BCUT2D eigenvalue weighted by atomic mass is 19.4. The van der Waals surface area contributed by atoms with E-state index in [-0.39, 0.29) is 5.56 Å². The first-order chi connectivity index (χ1) is 8.61. The first kappa shape index (κ1) is 15.2. The third kappa shape index (κ3) is 4.08. The van der Waals surface area contributed by atoms with Crippen LogP contribution in [0.15, 0.2) is 12.1 Å². The molecule has 0 aliphatic heterocycles. The molecule has 106 valence electrons. The van der Waals surface area contributed by atoms with E-state index in [9.17, 15) is 22.0 Å². The van der Waals surface area contributed by atoms with Gasteiger partial charge >= 0.3 is 6.18 Å². The predicted molar refractivity (Wildman–Crippen MR) is 61.3 cm³/mol. The van der Waals surface area contributed by atoms with Gasteiger partial charge < -0.3 is 10.6 Å². The number of rotatable bonds is 4. The van der Waals surface area contributed by atoms with Crippen molar-refractivity contribution in [1.82, 2.24) is 0 Å². The zero-order valence-corrected chi connectivity index (χ0v) is 9.98. The Labute approximate surface area is 106 Å². The summed E-state index contributed by atoms with van der Waals surface area (Å²) >= 11 is 0. The molecule has 3 nitrogen and oxygen atoms in total. The second-order valence-electron chi connectivity index (χ2n) is 3.99. The van der Waals surface area contributed by atoms with Gasteiger partial charge in [0.1, 0.15) is 23.2 Å². The molecular formula is C11H12F5N3. The molecule has 0 saturated heterocycles. The van der Waals surface area contributed by atoms with Crippen LogP contribution in [0.25, 0.3) is 0 Å². The molecule has 0 spiro atoms. The van der Waals surface area contributed by atoms with Crippen LogP contribution in [0.5, 0.6) is 0 Å². The number of hydrogen-bond acceptors (Lipinski definition) is 2. The summed E-state index contributed by atoms with van der Waals surface area (Å²) < 4.78 is 63.4. The van der Waals surface area contributed by atoms with Crippen LogP contribution in [0.3, 0.4) is 0 Å². The third-order valence-corrected chi connectivity index (χ3v) is 2.44. The topological polar surface area (TPSA) is 53.1 Å². The van der Waals surface area contributed by atoms with Crippen LogP contribution in [0.2, 0.25) is 0 Å². The Bertz CT molecular complexity index is 461. The van der Waals surface area contributed by atoms with Gasteiger partial charge in [-0.25, -0.2) is 8.78 Å². The van der Waals surface area contributed by atoms with E-state index < -0.39 is 42.3 Å². The number of halogens is 5. The van der Waals surface area contributed by atoms with Gasteiger partial charge in [0.15, 0.2) is 0 Å². The molecule has 3 N–H and O–H groups in total. The molecule has 0 radical (unpaired) electrons. The van der Waals surface area contributed by atoms with E-state index in [0.717, 1.165) is 24.1 Å². The lowest BCUT2D eigenvalue weighted by atomic mass is 10.1. The molecule has 0 aliphatic carbocycles. The number of nitrogen functional groups attached to an aromatic ring is 1. The van der Waals surface area contributed by atoms with Crippen LogP contribution in [0.1, 0.15) is 12.0 Å². The van der Waals surface area contributed by atoms with Crippen molar-refractivity contribution in [2.75, 3.05) is 18.5 Å². The molecule has 0 aliphatic rings. The van der Waals surface area contributed by atoms with E-state index in [1.165, 1.54) is 0 Å². The summed E-state index contributed by atoms with van der Waals surface area (Å²) in [5, 5.41) is 7.05. The maximum atomic E-state index is 13.6. The van der Waals surface area contributed by atoms with Crippen molar-refractivity contribution in [2.45, 2.75) is 12.6 Å². The van der Waals surface area contributed by atoms with E-state index >= 15 is 0 Å². The van der Waals surface area contributed by atoms with Gasteiger partial charge in [-0.05, 0) is 12.1 Å². The molecular weight excluding hydrogens is 269 g/mol. The summed E-state index contributed by atoms with van der Waals surface area (Å²) in [6.07, 6.45) is -5.59. The van der Waals surface area contributed by atoms with Crippen molar-refractivity contribution < 1.29 is 22.0 Å². The Morgan fingerprint density at radius 2 is 1.74 bits per heavy atom. The predicted octanol–water partition coefficient (Wildman–Crippen LogP) is 2.64. The van der Waals surface area contributed by atoms with Gasteiger partial charge in [-0.2, -0.15) is 13.2 Å². The molecule has 0 unspecified atom stereocenters. The lowest BCUT2D eigenvalue weighted by Crippen LogP contribution is -2.26. The van der Waals surface area contributed by atoms with Crippen LogP contribution < -0.4 is 10.6 Å². The molecule has 1 aromatic rings. The second-order valence-corrected chi connectivity index (χ2v) is 3.99. The fourth-order valence-corrected chi connectivity index (χ4v) is 1.49. The number of nitrogens with two attached hydrogens (primary N) is 1. The van der Waals surface area contributed by atoms with Gasteiger partial charge in [0.05, 0.1) is 6.42 Å². The summed E-state index contributed by atoms with van der Waals surface area (Å²) in [7, 11) is 1.15. The van der Waals surface area contributed by atoms with Crippen molar-refractivity contribution in [3.63, 3.8) is 0 Å². The van der Waals surface area contributed by atoms with Gasteiger partial charge in [-0.15, -0.1) is 0 Å². The maximum Gasteiger partial charge on any atom is 0.390 e. The SMILES string of the molecule is CN(CCC(F)(F)F)c1c(F)cc(C(=N)N)cc1F. The maximum absolute atomic E-state index is 13.6. The van der Waals surface area contributed by atoms with Gasteiger partial charge in [0, 0.05) is 19.2 Å². The number of nitrogens with one attached hydrogen (secondary N) is 1. The second kappa shape index (κ2) is 5.41. The Hall–Kier alpha value is -1.86. The van der Waals surface area contributed by atoms with Gasteiger partial charge in [-0.3, -0.25) is 5.41 Å². The molecule has 0 heterocycles. The van der Waals surface area contributed by atoms with Gasteiger partial charge in [0.2, 0.25) is 0 Å². The van der Waals surface area contributed by atoms with Crippen LogP contribution in [0.4, 0.5) is 27.6 Å². The largest absolute Gasteiger partial charge is 0.390 e. The highest BCUT2D eigenvalue weighted by Gasteiger charge is 2.28. The van der Waals surface area contributed by atoms with Crippen molar-refractivity contribution in [3.8, 4) is 0 Å². The average Bonchev–Trinajstić information content (AvgIpc) is 2.24. The number of nitrogens with zero attached hydrogens (tertiary/aromatic N) is 1. The van der Waals surface area contributed by atoms with E-state index in [0.29, 0.717) is 0 Å². The van der Waals surface area contributed by atoms with Crippen molar-refractivity contribution >= 4 is 11.5 Å². The van der Waals surface area contributed by atoms with Crippen molar-refractivity contribution in [2.24, 2.45) is 5.73 Å². The number of alkyl halides is 3. The van der Waals surface area contributed by atoms with Crippen LogP contribution >= 0.6 is 0 Å². The fraction of sp³-hybridized carbons (Fsp3) is 0.364. The number of hydrogen-bond donors (Lipinski definition) is 2. The minimum Gasteiger partial charge on any atom is -0.384 e. The molecule has 0 amide bonds. The number of anilines is 1. The monoisotopic (exact) mass is 281 g/mol. The summed E-state index contributed by atoms with van der Waals surface area (Å²) in [4.78, 5) is 0.835. The zero-order valence-electron chi connectivity index (χ0n) is 9.98. The first-order valence-electron chi connectivity index (χ1n) is 5.23. The number of benzene rings is 1. The summed E-state index contributed by atoms with van der Waals surface area (Å²) in [6.45, 7) is -0.573. The molecule has 0 fully saturated rings. The number of amidine groups is 1. The Morgan fingerprint density at radius 1 is 1.26 bits per heavy atom. The van der Waals surface area contributed by atoms with Crippen LogP contribution in [-0.2, 0) is 0 Å². The molecule has 0 bridgehead atoms. The van der Waals surface area contributed by atoms with Crippen LogP contribution in [-0.4, -0.2) is 25.6 Å². The zero-order chi connectivity index (χ0) is 14.8. The van der Waals surface area contributed by atoms with E-state index in [1.807, 2.05) is 0 Å². The lowest BCUT2D eigenvalue weighted by molar-refractivity contribution is -0.132. The van der Waals surface area contributed by atoms with E-state index in [2.05, 4.69) is 0 Å². The van der Waals surface area contributed by atoms with E-state index in [4.69, 9.17) is 11.1 Å². The molecule has 19 heavy (non-hydrogen) atoms. The molecule has 1 aromatic carbocycles. The summed E-state index contributed by atoms with van der Waals surface area (Å²) in [6, 6.07) is 1.62. The van der Waals surface area contributed by atoms with Crippen LogP contribution in [0, 0.1) is 17.0 Å². The highest BCUT2D eigenvalue weighted by Crippen LogP contribution is 2.26. The average molecular weight is 281 g/mol. The fourth-order valence-electron chi connectivity index (χ4n) is 1.49. The Morgan fingerprint density at radius 3 is 2.11 bits per heavy atom. The van der Waals surface area contributed by atoms with E-state index in [1.54, 1.807) is 0 Å². The highest BCUT2D eigenvalue weighted by molar-refractivity contribution is 5.95. The minimum atomic E-state index is -4.40. The quantitative estimate of drug-likeness (QED) is 0.506. The molecule has 0 aromatic heterocycles. The summed E-state index contributed by atoms with van der Waals surface area (Å²) in [5.74, 6) is -2.65. The normalized spacial score (nSPS) is 11.5.